The predicted molar refractivity (Wildman–Crippen MR) is 63.9 cm³/mol. The van der Waals surface area contributed by atoms with Gasteiger partial charge in [-0.1, -0.05) is 13.0 Å². The molecule has 0 aromatic carbocycles. The van der Waals surface area contributed by atoms with Crippen LogP contribution in [0.5, 0.6) is 0 Å². The molecule has 3 nitrogen and oxygen atoms in total. The summed E-state index contributed by atoms with van der Waals surface area (Å²) in [6.45, 7) is 12.0. The lowest BCUT2D eigenvalue weighted by Crippen LogP contribution is -2.23. The number of nitrogens with zero attached hydrogens (tertiary/aromatic N) is 2. The number of aryl methyl sites for hydroxylation is 2. The average molecular weight is 207 g/mol. The minimum Gasteiger partial charge on any atom is -0.309 e. The number of aromatic nitrogens is 2. The van der Waals surface area contributed by atoms with Gasteiger partial charge in [0.25, 0.3) is 0 Å². The van der Waals surface area contributed by atoms with Crippen LogP contribution in [0.25, 0.3) is 0 Å². The highest BCUT2D eigenvalue weighted by atomic mass is 15.3. The summed E-state index contributed by atoms with van der Waals surface area (Å²) < 4.78 is 2.06. The second-order valence-electron chi connectivity index (χ2n) is 3.66. The maximum Gasteiger partial charge on any atom is 0.0597 e. The molecule has 1 N–H and O–H groups in total. The Kier molecular flexibility index (Phi) is 4.56. The van der Waals surface area contributed by atoms with Crippen molar-refractivity contribution in [1.29, 1.82) is 0 Å². The van der Waals surface area contributed by atoms with E-state index in [1.807, 2.05) is 13.0 Å². The van der Waals surface area contributed by atoms with Crippen LogP contribution in [0.15, 0.2) is 18.7 Å². The largest absolute Gasteiger partial charge is 0.309 e. The normalized spacial score (nSPS) is 12.7. The zero-order valence-corrected chi connectivity index (χ0v) is 9.95. The Labute approximate surface area is 92.2 Å². The van der Waals surface area contributed by atoms with Crippen molar-refractivity contribution in [3.05, 3.63) is 30.1 Å². The Hall–Kier alpha value is -1.09. The molecule has 1 aromatic rings. The topological polar surface area (TPSA) is 29.9 Å². The van der Waals surface area contributed by atoms with Crippen molar-refractivity contribution >= 4 is 0 Å². The molecular weight excluding hydrogens is 186 g/mol. The second-order valence-corrected chi connectivity index (χ2v) is 3.66. The summed E-state index contributed by atoms with van der Waals surface area (Å²) >= 11 is 0. The van der Waals surface area contributed by atoms with Crippen molar-refractivity contribution in [3.8, 4) is 0 Å². The molecule has 0 bridgehead atoms. The highest BCUT2D eigenvalue weighted by Gasteiger charge is 2.14. The first-order valence-electron chi connectivity index (χ1n) is 5.61. The first-order chi connectivity index (χ1) is 7.22. The average Bonchev–Trinajstić information content (AvgIpc) is 2.59. The van der Waals surface area contributed by atoms with Crippen LogP contribution in [0, 0.1) is 6.92 Å². The van der Waals surface area contributed by atoms with Crippen LogP contribution in [0.3, 0.4) is 0 Å². The zero-order chi connectivity index (χ0) is 11.3. The molecule has 1 unspecified atom stereocenters. The highest BCUT2D eigenvalue weighted by molar-refractivity contribution is 5.14. The lowest BCUT2D eigenvalue weighted by atomic mass is 10.1. The molecule has 0 radical (unpaired) electrons. The summed E-state index contributed by atoms with van der Waals surface area (Å²) in [5.74, 6) is 0. The van der Waals surface area contributed by atoms with Gasteiger partial charge in [-0.05, 0) is 32.9 Å². The molecule has 1 atom stereocenters. The van der Waals surface area contributed by atoms with Crippen LogP contribution in [0.4, 0.5) is 0 Å². The van der Waals surface area contributed by atoms with Gasteiger partial charge < -0.3 is 5.32 Å². The molecule has 0 aliphatic rings. The Balaban J connectivity index is 2.92. The van der Waals surface area contributed by atoms with Crippen molar-refractivity contribution in [1.82, 2.24) is 15.1 Å². The van der Waals surface area contributed by atoms with Crippen LogP contribution in [0.2, 0.25) is 0 Å². The minimum absolute atomic E-state index is 0.341. The molecule has 0 amide bonds. The van der Waals surface area contributed by atoms with Crippen molar-refractivity contribution < 1.29 is 0 Å². The van der Waals surface area contributed by atoms with Crippen molar-refractivity contribution in [2.45, 2.75) is 39.8 Å². The number of nitrogens with one attached hydrogen (secondary N) is 1. The van der Waals surface area contributed by atoms with Crippen molar-refractivity contribution in [2.75, 3.05) is 6.54 Å². The van der Waals surface area contributed by atoms with E-state index in [0.717, 1.165) is 25.2 Å². The fourth-order valence-electron chi connectivity index (χ4n) is 1.82. The number of rotatable bonds is 6. The first-order valence-corrected chi connectivity index (χ1v) is 5.61. The van der Waals surface area contributed by atoms with Crippen molar-refractivity contribution in [2.24, 2.45) is 0 Å². The third-order valence-corrected chi connectivity index (χ3v) is 2.44. The number of hydrogen-bond acceptors (Lipinski definition) is 2. The van der Waals surface area contributed by atoms with Gasteiger partial charge in [0, 0.05) is 6.54 Å². The summed E-state index contributed by atoms with van der Waals surface area (Å²) in [7, 11) is 0. The van der Waals surface area contributed by atoms with Gasteiger partial charge in [0.2, 0.25) is 0 Å². The van der Waals surface area contributed by atoms with Gasteiger partial charge in [-0.25, -0.2) is 0 Å². The van der Waals surface area contributed by atoms with E-state index in [2.05, 4.69) is 41.6 Å². The fraction of sp³-hybridized carbons (Fsp3) is 0.583. The summed E-state index contributed by atoms with van der Waals surface area (Å²) in [4.78, 5) is 0. The molecule has 1 rings (SSSR count). The SMILES string of the molecule is C=CCC(NCC)c1cc(C)nn1CC. The predicted octanol–water partition coefficient (Wildman–Crippen LogP) is 2.44. The van der Waals surface area contributed by atoms with Gasteiger partial charge in [0.05, 0.1) is 17.4 Å². The van der Waals surface area contributed by atoms with E-state index >= 15 is 0 Å². The van der Waals surface area contributed by atoms with Gasteiger partial charge in [-0.3, -0.25) is 4.68 Å². The van der Waals surface area contributed by atoms with Gasteiger partial charge in [-0.2, -0.15) is 5.10 Å². The number of hydrogen-bond donors (Lipinski definition) is 1. The first kappa shape index (κ1) is 12.0. The minimum atomic E-state index is 0.341. The van der Waals surface area contributed by atoms with Gasteiger partial charge >= 0.3 is 0 Å². The lowest BCUT2D eigenvalue weighted by molar-refractivity contribution is 0.496. The molecule has 15 heavy (non-hydrogen) atoms. The maximum atomic E-state index is 4.46. The molecule has 0 fully saturated rings. The van der Waals surface area contributed by atoms with E-state index in [9.17, 15) is 0 Å². The Morgan fingerprint density at radius 2 is 2.33 bits per heavy atom. The molecule has 3 heteroatoms. The monoisotopic (exact) mass is 207 g/mol. The molecule has 0 spiro atoms. The van der Waals surface area contributed by atoms with E-state index in [0.29, 0.717) is 6.04 Å². The summed E-state index contributed by atoms with van der Waals surface area (Å²) in [5.41, 5.74) is 2.34. The third kappa shape index (κ3) is 2.93. The molecule has 0 saturated carbocycles. The van der Waals surface area contributed by atoms with E-state index < -0.39 is 0 Å². The molecule has 1 aromatic heterocycles. The fourth-order valence-corrected chi connectivity index (χ4v) is 1.82. The quantitative estimate of drug-likeness (QED) is 0.726. The summed E-state index contributed by atoms with van der Waals surface area (Å²) in [6.07, 6.45) is 2.90. The van der Waals surface area contributed by atoms with E-state index in [-0.39, 0.29) is 0 Å². The smallest absolute Gasteiger partial charge is 0.0597 e. The van der Waals surface area contributed by atoms with Crippen LogP contribution in [-0.4, -0.2) is 16.3 Å². The molecule has 0 aliphatic heterocycles. The van der Waals surface area contributed by atoms with Crippen LogP contribution < -0.4 is 5.32 Å². The maximum absolute atomic E-state index is 4.46. The van der Waals surface area contributed by atoms with Crippen LogP contribution in [0.1, 0.15) is 37.7 Å². The van der Waals surface area contributed by atoms with E-state index in [1.165, 1.54) is 5.69 Å². The van der Waals surface area contributed by atoms with Crippen molar-refractivity contribution in [3.63, 3.8) is 0 Å². The van der Waals surface area contributed by atoms with Crippen LogP contribution >= 0.6 is 0 Å². The van der Waals surface area contributed by atoms with Gasteiger partial charge in [0.15, 0.2) is 0 Å². The standard InChI is InChI=1S/C12H21N3/c1-5-8-11(13-6-2)12-9-10(4)14-15(12)7-3/h5,9,11,13H,1,6-8H2,2-4H3. The van der Waals surface area contributed by atoms with E-state index in [1.54, 1.807) is 0 Å². The molecule has 0 saturated heterocycles. The molecular formula is C12H21N3. The summed E-state index contributed by atoms with van der Waals surface area (Å²) in [5, 5.41) is 7.91. The Morgan fingerprint density at radius 3 is 2.87 bits per heavy atom. The summed E-state index contributed by atoms with van der Waals surface area (Å²) in [6, 6.07) is 2.49. The lowest BCUT2D eigenvalue weighted by Gasteiger charge is -2.17. The van der Waals surface area contributed by atoms with E-state index in [4.69, 9.17) is 0 Å². The van der Waals surface area contributed by atoms with Crippen LogP contribution in [-0.2, 0) is 6.54 Å². The molecule has 0 aliphatic carbocycles. The zero-order valence-electron chi connectivity index (χ0n) is 9.95. The Morgan fingerprint density at radius 1 is 1.60 bits per heavy atom. The molecule has 84 valence electrons. The third-order valence-electron chi connectivity index (χ3n) is 2.44. The highest BCUT2D eigenvalue weighted by Crippen LogP contribution is 2.18. The van der Waals surface area contributed by atoms with Gasteiger partial charge in [0.1, 0.15) is 0 Å². The Bertz CT molecular complexity index is 315. The second kappa shape index (κ2) is 5.71. The molecule has 1 heterocycles. The van der Waals surface area contributed by atoms with Gasteiger partial charge in [-0.15, -0.1) is 6.58 Å².